The molecule has 0 unspecified atom stereocenters. The summed E-state index contributed by atoms with van der Waals surface area (Å²) in [6.07, 6.45) is 3.65. The average molecular weight is 228 g/mol. The Balaban J connectivity index is 2.70. The highest BCUT2D eigenvalue weighted by atomic mass is 16.6. The van der Waals surface area contributed by atoms with Gasteiger partial charge in [0, 0.05) is 0 Å². The van der Waals surface area contributed by atoms with Gasteiger partial charge < -0.3 is 9.84 Å². The molecule has 0 bridgehead atoms. The van der Waals surface area contributed by atoms with Gasteiger partial charge in [0.05, 0.1) is 0 Å². The van der Waals surface area contributed by atoms with Crippen LogP contribution in [0.3, 0.4) is 0 Å². The van der Waals surface area contributed by atoms with E-state index in [0.29, 0.717) is 0 Å². The van der Waals surface area contributed by atoms with Crippen molar-refractivity contribution in [1.82, 2.24) is 0 Å². The molecule has 0 radical (unpaired) electrons. The second-order valence-corrected chi connectivity index (χ2v) is 5.39. The van der Waals surface area contributed by atoms with E-state index < -0.39 is 23.5 Å². The Morgan fingerprint density at radius 2 is 1.75 bits per heavy atom. The van der Waals surface area contributed by atoms with Gasteiger partial charge in [0.15, 0.2) is 5.92 Å². The molecular formula is C12H20O4. The maximum atomic E-state index is 11.8. The quantitative estimate of drug-likeness (QED) is 0.594. The number of hydrogen-bond acceptors (Lipinski definition) is 3. The van der Waals surface area contributed by atoms with Crippen LogP contribution in [0.2, 0.25) is 0 Å². The molecule has 1 atom stereocenters. The number of carboxylic acids is 1. The highest BCUT2D eigenvalue weighted by Crippen LogP contribution is 2.33. The van der Waals surface area contributed by atoms with Crippen molar-refractivity contribution < 1.29 is 19.4 Å². The number of carbonyl (C=O) groups excluding carboxylic acids is 1. The summed E-state index contributed by atoms with van der Waals surface area (Å²) in [7, 11) is 0. The van der Waals surface area contributed by atoms with Crippen LogP contribution in [-0.4, -0.2) is 22.6 Å². The van der Waals surface area contributed by atoms with E-state index in [1.54, 1.807) is 20.8 Å². The fourth-order valence-electron chi connectivity index (χ4n) is 2.15. The largest absolute Gasteiger partial charge is 0.481 e. The number of aliphatic carboxylic acids is 1. The van der Waals surface area contributed by atoms with Crippen LogP contribution in [-0.2, 0) is 14.3 Å². The summed E-state index contributed by atoms with van der Waals surface area (Å²) in [4.78, 5) is 22.9. The molecule has 1 N–H and O–H groups in total. The molecule has 1 rings (SSSR count). The molecule has 0 saturated heterocycles. The molecule has 1 fully saturated rings. The van der Waals surface area contributed by atoms with Crippen LogP contribution in [0.1, 0.15) is 46.5 Å². The van der Waals surface area contributed by atoms with Gasteiger partial charge in [0.2, 0.25) is 0 Å². The van der Waals surface area contributed by atoms with Crippen LogP contribution in [0.25, 0.3) is 0 Å². The summed E-state index contributed by atoms with van der Waals surface area (Å²) in [6.45, 7) is 5.25. The Labute approximate surface area is 96.0 Å². The summed E-state index contributed by atoms with van der Waals surface area (Å²) in [5.41, 5.74) is -0.622. The Bertz CT molecular complexity index is 271. The van der Waals surface area contributed by atoms with Gasteiger partial charge in [-0.3, -0.25) is 9.59 Å². The van der Waals surface area contributed by atoms with Gasteiger partial charge >= 0.3 is 11.9 Å². The van der Waals surface area contributed by atoms with Crippen molar-refractivity contribution in [2.75, 3.05) is 0 Å². The zero-order chi connectivity index (χ0) is 12.3. The maximum Gasteiger partial charge on any atom is 0.321 e. The van der Waals surface area contributed by atoms with Crippen molar-refractivity contribution in [3.8, 4) is 0 Å². The number of esters is 1. The van der Waals surface area contributed by atoms with Gasteiger partial charge in [0.25, 0.3) is 0 Å². The fraction of sp³-hybridized carbons (Fsp3) is 0.833. The summed E-state index contributed by atoms with van der Waals surface area (Å²) in [5, 5.41) is 9.10. The Morgan fingerprint density at radius 3 is 2.12 bits per heavy atom. The lowest BCUT2D eigenvalue weighted by Gasteiger charge is -2.24. The van der Waals surface area contributed by atoms with Crippen molar-refractivity contribution in [3.05, 3.63) is 0 Å². The fourth-order valence-corrected chi connectivity index (χ4v) is 2.15. The zero-order valence-electron chi connectivity index (χ0n) is 10.2. The van der Waals surface area contributed by atoms with Crippen molar-refractivity contribution >= 4 is 11.9 Å². The highest BCUT2D eigenvalue weighted by Gasteiger charge is 2.39. The molecule has 0 aromatic rings. The lowest BCUT2D eigenvalue weighted by Crippen LogP contribution is -2.36. The van der Waals surface area contributed by atoms with Gasteiger partial charge in [-0.15, -0.1) is 0 Å². The molecule has 0 aliphatic heterocycles. The molecule has 0 aromatic carbocycles. The molecule has 1 saturated carbocycles. The molecule has 0 heterocycles. The van der Waals surface area contributed by atoms with Crippen LogP contribution < -0.4 is 0 Å². The molecule has 0 aromatic heterocycles. The first-order chi connectivity index (χ1) is 7.31. The van der Waals surface area contributed by atoms with Crippen LogP contribution in [0.4, 0.5) is 0 Å². The number of carbonyl (C=O) groups is 2. The smallest absolute Gasteiger partial charge is 0.321 e. The number of ether oxygens (including phenoxy) is 1. The third kappa shape index (κ3) is 3.51. The zero-order valence-corrected chi connectivity index (χ0v) is 10.2. The number of hydrogen-bond donors (Lipinski definition) is 1. The summed E-state index contributed by atoms with van der Waals surface area (Å²) < 4.78 is 5.15. The molecule has 0 amide bonds. The molecule has 4 heteroatoms. The molecule has 4 nitrogen and oxygen atoms in total. The normalized spacial score (nSPS) is 19.4. The third-order valence-corrected chi connectivity index (χ3v) is 2.80. The molecule has 92 valence electrons. The minimum Gasteiger partial charge on any atom is -0.481 e. The minimum absolute atomic E-state index is 0.0488. The standard InChI is InChI=1S/C12H20O4/c1-12(2,3)16-11(15)9(10(13)14)8-6-4-5-7-8/h8-9H,4-7H2,1-3H3,(H,13,14)/t9-/m0/s1. The molecule has 16 heavy (non-hydrogen) atoms. The van der Waals surface area contributed by atoms with Gasteiger partial charge in [-0.1, -0.05) is 12.8 Å². The molecule has 1 aliphatic carbocycles. The monoisotopic (exact) mass is 228 g/mol. The van der Waals surface area contributed by atoms with E-state index in [-0.39, 0.29) is 5.92 Å². The highest BCUT2D eigenvalue weighted by molar-refractivity contribution is 5.94. The van der Waals surface area contributed by atoms with E-state index in [9.17, 15) is 9.59 Å². The van der Waals surface area contributed by atoms with Crippen molar-refractivity contribution in [3.63, 3.8) is 0 Å². The van der Waals surface area contributed by atoms with Gasteiger partial charge in [0.1, 0.15) is 5.60 Å². The summed E-state index contributed by atoms with van der Waals surface area (Å²) >= 11 is 0. The van der Waals surface area contributed by atoms with E-state index in [0.717, 1.165) is 25.7 Å². The minimum atomic E-state index is -1.05. The first-order valence-electron chi connectivity index (χ1n) is 5.77. The predicted molar refractivity (Wildman–Crippen MR) is 58.9 cm³/mol. The average Bonchev–Trinajstić information content (AvgIpc) is 2.52. The van der Waals surface area contributed by atoms with E-state index in [4.69, 9.17) is 9.84 Å². The topological polar surface area (TPSA) is 63.6 Å². The number of carboxylic acid groups (broad SMARTS) is 1. The first kappa shape index (κ1) is 13.0. The van der Waals surface area contributed by atoms with Crippen LogP contribution >= 0.6 is 0 Å². The maximum absolute atomic E-state index is 11.8. The molecule has 1 aliphatic rings. The summed E-state index contributed by atoms with van der Waals surface area (Å²) in [6, 6.07) is 0. The number of rotatable bonds is 3. The van der Waals surface area contributed by atoms with Gasteiger partial charge in [-0.2, -0.15) is 0 Å². The van der Waals surface area contributed by atoms with Crippen molar-refractivity contribution in [2.45, 2.75) is 52.1 Å². The van der Waals surface area contributed by atoms with Crippen molar-refractivity contribution in [1.29, 1.82) is 0 Å². The molecule has 0 spiro atoms. The lowest BCUT2D eigenvalue weighted by molar-refractivity contribution is -0.169. The van der Waals surface area contributed by atoms with E-state index in [1.807, 2.05) is 0 Å². The van der Waals surface area contributed by atoms with Gasteiger partial charge in [-0.25, -0.2) is 0 Å². The second-order valence-electron chi connectivity index (χ2n) is 5.39. The third-order valence-electron chi connectivity index (χ3n) is 2.80. The van der Waals surface area contributed by atoms with Crippen LogP contribution in [0.5, 0.6) is 0 Å². The van der Waals surface area contributed by atoms with E-state index in [1.165, 1.54) is 0 Å². The van der Waals surface area contributed by atoms with E-state index >= 15 is 0 Å². The van der Waals surface area contributed by atoms with Crippen molar-refractivity contribution in [2.24, 2.45) is 11.8 Å². The Kier molecular flexibility index (Phi) is 3.94. The second kappa shape index (κ2) is 4.85. The summed E-state index contributed by atoms with van der Waals surface area (Å²) in [5.74, 6) is -2.68. The SMILES string of the molecule is CC(C)(C)OC(=O)[C@H](C(=O)O)C1CCCC1. The first-order valence-corrected chi connectivity index (χ1v) is 5.77. The van der Waals surface area contributed by atoms with Crippen LogP contribution in [0, 0.1) is 11.8 Å². The Morgan fingerprint density at radius 1 is 1.25 bits per heavy atom. The molecular weight excluding hydrogens is 208 g/mol. The lowest BCUT2D eigenvalue weighted by atomic mass is 9.91. The predicted octanol–water partition coefficient (Wildman–Crippen LogP) is 2.22. The van der Waals surface area contributed by atoms with E-state index in [2.05, 4.69) is 0 Å². The Hall–Kier alpha value is -1.06. The van der Waals surface area contributed by atoms with Gasteiger partial charge in [-0.05, 0) is 39.5 Å². The van der Waals surface area contributed by atoms with Crippen LogP contribution in [0.15, 0.2) is 0 Å².